The molecule has 3 amide bonds. The lowest BCUT2D eigenvalue weighted by atomic mass is 9.98. The molecule has 0 spiro atoms. The molecule has 2 N–H and O–H groups in total. The average Bonchev–Trinajstić information content (AvgIpc) is 3.12. The summed E-state index contributed by atoms with van der Waals surface area (Å²) >= 11 is 1.47. The van der Waals surface area contributed by atoms with E-state index in [2.05, 4.69) is 10.6 Å². The van der Waals surface area contributed by atoms with Gasteiger partial charge < -0.3 is 5.32 Å². The number of nitrogens with one attached hydrogen (secondary N) is 2. The smallest absolute Gasteiger partial charge is 0.256 e. The van der Waals surface area contributed by atoms with Crippen molar-refractivity contribution in [1.29, 1.82) is 0 Å². The van der Waals surface area contributed by atoms with Crippen LogP contribution in [-0.2, 0) is 16.0 Å². The van der Waals surface area contributed by atoms with E-state index in [0.717, 1.165) is 5.56 Å². The number of rotatable bonds is 4. The van der Waals surface area contributed by atoms with Crippen molar-refractivity contribution >= 4 is 34.7 Å². The second-order valence-electron chi connectivity index (χ2n) is 5.18. The largest absolute Gasteiger partial charge is 0.322 e. The molecule has 0 unspecified atom stereocenters. The number of carbonyl (C=O) groups excluding carboxylic acids is 3. The van der Waals surface area contributed by atoms with Gasteiger partial charge in [0.15, 0.2) is 0 Å². The zero-order chi connectivity index (χ0) is 15.5. The van der Waals surface area contributed by atoms with Crippen molar-refractivity contribution in [2.75, 3.05) is 5.32 Å². The van der Waals surface area contributed by atoms with Crippen LogP contribution >= 0.6 is 11.3 Å². The molecular formula is C16H14N2O3S. The molecule has 1 aliphatic rings. The summed E-state index contributed by atoms with van der Waals surface area (Å²) in [5.41, 5.74) is 2.30. The number of anilines is 1. The molecule has 6 heteroatoms. The maximum Gasteiger partial charge on any atom is 0.256 e. The number of thiophene rings is 1. The van der Waals surface area contributed by atoms with Crippen molar-refractivity contribution in [2.45, 2.75) is 12.8 Å². The van der Waals surface area contributed by atoms with Crippen LogP contribution in [0.2, 0.25) is 0 Å². The van der Waals surface area contributed by atoms with Gasteiger partial charge in [0.2, 0.25) is 11.8 Å². The van der Waals surface area contributed by atoms with Gasteiger partial charge in [-0.15, -0.1) is 0 Å². The lowest BCUT2D eigenvalue weighted by Crippen LogP contribution is -2.22. The Morgan fingerprint density at radius 2 is 2.00 bits per heavy atom. The van der Waals surface area contributed by atoms with Gasteiger partial charge in [0.1, 0.15) is 0 Å². The summed E-state index contributed by atoms with van der Waals surface area (Å²) in [6.45, 7) is 0. The van der Waals surface area contributed by atoms with E-state index in [0.29, 0.717) is 17.7 Å². The number of amides is 3. The van der Waals surface area contributed by atoms with E-state index in [-0.39, 0.29) is 30.1 Å². The summed E-state index contributed by atoms with van der Waals surface area (Å²) < 4.78 is 0. The summed E-state index contributed by atoms with van der Waals surface area (Å²) in [4.78, 5) is 34.6. The molecule has 1 aromatic carbocycles. The predicted octanol–water partition coefficient (Wildman–Crippen LogP) is 2.21. The number of benzene rings is 1. The number of imide groups is 1. The Kier molecular flexibility index (Phi) is 4.02. The summed E-state index contributed by atoms with van der Waals surface area (Å²) in [6, 6.07) is 9.09. The Morgan fingerprint density at radius 1 is 1.23 bits per heavy atom. The Hall–Kier alpha value is -2.47. The molecule has 1 saturated heterocycles. The Bertz CT molecular complexity index is 708. The van der Waals surface area contributed by atoms with E-state index in [1.165, 1.54) is 11.3 Å². The van der Waals surface area contributed by atoms with Crippen molar-refractivity contribution in [3.63, 3.8) is 0 Å². The summed E-state index contributed by atoms with van der Waals surface area (Å²) in [5, 5.41) is 8.77. The van der Waals surface area contributed by atoms with Gasteiger partial charge in [-0.2, -0.15) is 11.3 Å². The standard InChI is InChI=1S/C16H14N2O3S/c19-14-8-12(16(21)18-14)7-10-1-3-13(4-2-10)17-15(20)11-5-6-22-9-11/h1-6,9,12H,7-8H2,(H,17,20)(H,18,19,21)/t12-/m0/s1. The van der Waals surface area contributed by atoms with Crippen LogP contribution in [0.1, 0.15) is 22.3 Å². The second kappa shape index (κ2) is 6.11. The predicted molar refractivity (Wildman–Crippen MR) is 83.7 cm³/mol. The third-order valence-corrected chi connectivity index (χ3v) is 4.23. The molecule has 112 valence electrons. The van der Waals surface area contributed by atoms with Crippen LogP contribution in [0, 0.1) is 5.92 Å². The van der Waals surface area contributed by atoms with Gasteiger partial charge in [-0.3, -0.25) is 19.7 Å². The van der Waals surface area contributed by atoms with Gasteiger partial charge in [-0.25, -0.2) is 0 Å². The third kappa shape index (κ3) is 3.23. The van der Waals surface area contributed by atoms with Crippen LogP contribution in [0.15, 0.2) is 41.1 Å². The third-order valence-electron chi connectivity index (χ3n) is 3.54. The quantitative estimate of drug-likeness (QED) is 0.850. The first-order valence-corrected chi connectivity index (χ1v) is 7.82. The Morgan fingerprint density at radius 3 is 2.59 bits per heavy atom. The second-order valence-corrected chi connectivity index (χ2v) is 5.96. The number of carbonyl (C=O) groups is 3. The fourth-order valence-corrected chi connectivity index (χ4v) is 3.01. The molecule has 0 bridgehead atoms. The van der Waals surface area contributed by atoms with Gasteiger partial charge in [-0.1, -0.05) is 12.1 Å². The van der Waals surface area contributed by atoms with Gasteiger partial charge in [0.25, 0.3) is 5.91 Å². The molecule has 0 radical (unpaired) electrons. The minimum absolute atomic E-state index is 0.144. The SMILES string of the molecule is O=C1C[C@H](Cc2ccc(NC(=O)c3ccsc3)cc2)C(=O)N1. The summed E-state index contributed by atoms with van der Waals surface area (Å²) in [6.07, 6.45) is 0.770. The monoisotopic (exact) mass is 314 g/mol. The van der Waals surface area contributed by atoms with Crippen LogP contribution < -0.4 is 10.6 Å². The van der Waals surface area contributed by atoms with Crippen molar-refractivity contribution < 1.29 is 14.4 Å². The molecule has 22 heavy (non-hydrogen) atoms. The molecule has 2 aromatic rings. The summed E-state index contributed by atoms with van der Waals surface area (Å²) in [7, 11) is 0. The highest BCUT2D eigenvalue weighted by atomic mass is 32.1. The Labute approximate surface area is 131 Å². The molecule has 1 fully saturated rings. The van der Waals surface area contributed by atoms with E-state index >= 15 is 0 Å². The summed E-state index contributed by atoms with van der Waals surface area (Å²) in [5.74, 6) is -0.858. The first-order chi connectivity index (χ1) is 10.6. The zero-order valence-corrected chi connectivity index (χ0v) is 12.5. The fourth-order valence-electron chi connectivity index (χ4n) is 2.38. The highest BCUT2D eigenvalue weighted by Gasteiger charge is 2.30. The van der Waals surface area contributed by atoms with Crippen LogP contribution in [0.4, 0.5) is 5.69 Å². The average molecular weight is 314 g/mol. The minimum Gasteiger partial charge on any atom is -0.322 e. The van der Waals surface area contributed by atoms with Gasteiger partial charge in [0.05, 0.1) is 11.5 Å². The van der Waals surface area contributed by atoms with Crippen molar-refractivity contribution in [1.82, 2.24) is 5.32 Å². The van der Waals surface area contributed by atoms with Crippen molar-refractivity contribution in [3.8, 4) is 0 Å². The van der Waals surface area contributed by atoms with Crippen molar-refractivity contribution in [2.24, 2.45) is 5.92 Å². The minimum atomic E-state index is -0.293. The molecule has 0 aliphatic carbocycles. The molecule has 5 nitrogen and oxygen atoms in total. The molecule has 3 rings (SSSR count). The van der Waals surface area contributed by atoms with E-state index in [9.17, 15) is 14.4 Å². The van der Waals surface area contributed by atoms with Gasteiger partial charge >= 0.3 is 0 Å². The topological polar surface area (TPSA) is 75.3 Å². The molecular weight excluding hydrogens is 300 g/mol. The van der Waals surface area contributed by atoms with E-state index in [1.807, 2.05) is 17.5 Å². The van der Waals surface area contributed by atoms with Gasteiger partial charge in [-0.05, 0) is 35.6 Å². The fraction of sp³-hybridized carbons (Fsp3) is 0.188. The highest BCUT2D eigenvalue weighted by molar-refractivity contribution is 7.08. The first kappa shape index (κ1) is 14.5. The molecule has 1 atom stereocenters. The van der Waals surface area contributed by atoms with Crippen LogP contribution in [-0.4, -0.2) is 17.7 Å². The maximum atomic E-state index is 11.9. The van der Waals surface area contributed by atoms with Crippen LogP contribution in [0.3, 0.4) is 0 Å². The number of hydrogen-bond acceptors (Lipinski definition) is 4. The molecule has 0 saturated carbocycles. The lowest BCUT2D eigenvalue weighted by molar-refractivity contribution is -0.125. The molecule has 1 aromatic heterocycles. The van der Waals surface area contributed by atoms with Gasteiger partial charge in [0, 0.05) is 17.5 Å². The highest BCUT2D eigenvalue weighted by Crippen LogP contribution is 2.19. The van der Waals surface area contributed by atoms with E-state index in [4.69, 9.17) is 0 Å². The molecule has 2 heterocycles. The van der Waals surface area contributed by atoms with E-state index in [1.54, 1.807) is 23.6 Å². The van der Waals surface area contributed by atoms with Crippen LogP contribution in [0.25, 0.3) is 0 Å². The molecule has 1 aliphatic heterocycles. The maximum absolute atomic E-state index is 11.9. The number of hydrogen-bond donors (Lipinski definition) is 2. The zero-order valence-electron chi connectivity index (χ0n) is 11.7. The van der Waals surface area contributed by atoms with Crippen molar-refractivity contribution in [3.05, 3.63) is 52.2 Å². The van der Waals surface area contributed by atoms with Crippen LogP contribution in [0.5, 0.6) is 0 Å². The normalized spacial score (nSPS) is 17.4. The van der Waals surface area contributed by atoms with E-state index < -0.39 is 0 Å². The Balaban J connectivity index is 1.62. The first-order valence-electron chi connectivity index (χ1n) is 6.88. The lowest BCUT2D eigenvalue weighted by Gasteiger charge is -2.08.